The summed E-state index contributed by atoms with van der Waals surface area (Å²) >= 11 is 0. The van der Waals surface area contributed by atoms with Gasteiger partial charge in [0.05, 0.1) is 35.2 Å². The summed E-state index contributed by atoms with van der Waals surface area (Å²) in [4.78, 5) is 51.9. The highest BCUT2D eigenvalue weighted by molar-refractivity contribution is 5.85. The first-order chi connectivity index (χ1) is 27.8. The van der Waals surface area contributed by atoms with Crippen molar-refractivity contribution in [1.82, 2.24) is 14.9 Å². The van der Waals surface area contributed by atoms with E-state index in [9.17, 15) is 14.7 Å². The van der Waals surface area contributed by atoms with Crippen molar-refractivity contribution in [3.8, 4) is 11.3 Å². The van der Waals surface area contributed by atoms with Crippen molar-refractivity contribution >= 4 is 17.8 Å². The normalized spacial score (nSPS) is 43.2. The highest BCUT2D eigenvalue weighted by Gasteiger charge is 2.73. The van der Waals surface area contributed by atoms with Crippen LogP contribution < -0.4 is 0 Å². The van der Waals surface area contributed by atoms with Crippen molar-refractivity contribution in [1.29, 1.82) is 0 Å². The molecule has 2 aromatic rings. The number of carboxylic acids is 1. The second kappa shape index (κ2) is 13.9. The number of benzene rings is 1. The predicted molar refractivity (Wildman–Crippen MR) is 230 cm³/mol. The Morgan fingerprint density at radius 2 is 1.56 bits per heavy atom. The summed E-state index contributed by atoms with van der Waals surface area (Å²) in [5, 5.41) is 9.71. The molecule has 0 bridgehead atoms. The van der Waals surface area contributed by atoms with Crippen molar-refractivity contribution in [2.24, 2.45) is 79.8 Å². The van der Waals surface area contributed by atoms with E-state index in [1.54, 1.807) is 0 Å². The quantitative estimate of drug-likeness (QED) is 0.269. The lowest BCUT2D eigenvalue weighted by Gasteiger charge is -2.73. The van der Waals surface area contributed by atoms with Gasteiger partial charge in [0, 0.05) is 12.0 Å². The number of imidazole rings is 1. The molecule has 0 radical (unpaired) electrons. The number of amides is 1. The topological polar surface area (TPSA) is 113 Å². The molecule has 1 aromatic heterocycles. The van der Waals surface area contributed by atoms with Crippen molar-refractivity contribution in [2.75, 3.05) is 6.54 Å². The Labute approximate surface area is 353 Å². The van der Waals surface area contributed by atoms with Gasteiger partial charge in [0.15, 0.2) is 0 Å². The molecule has 8 heteroatoms. The number of hydrogen-bond donors (Lipinski definition) is 2. The summed E-state index contributed by atoms with van der Waals surface area (Å²) < 4.78 is 6.48. The van der Waals surface area contributed by atoms with Crippen LogP contribution in [0.1, 0.15) is 158 Å². The summed E-state index contributed by atoms with van der Waals surface area (Å²) in [5.41, 5.74) is 1.53. The summed E-state index contributed by atoms with van der Waals surface area (Å²) in [7, 11) is 0. The number of rotatable bonds is 7. The molecule has 2 heterocycles. The molecule has 7 aliphatic rings. The maximum absolute atomic E-state index is 15.6. The number of ether oxygens (including phenoxy) is 1. The smallest absolute Gasteiger partial charge is 0.309 e. The fourth-order valence-electron chi connectivity index (χ4n) is 16.8. The Morgan fingerprint density at radius 3 is 2.25 bits per heavy atom. The SMILES string of the molecule is CC(C)[C@@H]1CC[C@]2(C(=O)N3CCC[C@H]3c3ncc(-c4ccccc4)[nH]3)CC[C@]3(C)[C@H](CC[C@@H]4[C@@]5(C)CC[C@H](OC(=O)[C@H]6C[C@@H](C(=O)O)C6(C)C)C(C)(C)[C@@H]5CC[C@]43C)[C@@H]12. The summed E-state index contributed by atoms with van der Waals surface area (Å²) in [6, 6.07) is 10.4. The van der Waals surface area contributed by atoms with Crippen LogP contribution in [0.2, 0.25) is 0 Å². The third-order valence-electron chi connectivity index (χ3n) is 20.3. The molecule has 0 unspecified atom stereocenters. The summed E-state index contributed by atoms with van der Waals surface area (Å²) in [6.45, 7) is 22.2. The predicted octanol–water partition coefficient (Wildman–Crippen LogP) is 11.1. The minimum Gasteiger partial charge on any atom is -0.481 e. The van der Waals surface area contributed by atoms with Gasteiger partial charge in [-0.1, -0.05) is 92.6 Å². The highest BCUT2D eigenvalue weighted by Crippen LogP contribution is 2.78. The third-order valence-corrected chi connectivity index (χ3v) is 20.3. The van der Waals surface area contributed by atoms with E-state index in [-0.39, 0.29) is 51.1 Å². The van der Waals surface area contributed by atoms with Crippen LogP contribution in [0.3, 0.4) is 0 Å². The van der Waals surface area contributed by atoms with Crippen molar-refractivity contribution in [2.45, 2.75) is 158 Å². The van der Waals surface area contributed by atoms with Crippen molar-refractivity contribution < 1.29 is 24.2 Å². The monoisotopic (exact) mass is 808 g/mol. The second-order valence-electron chi connectivity index (χ2n) is 23.3. The molecule has 1 amide bonds. The average molecular weight is 808 g/mol. The third kappa shape index (κ3) is 5.77. The van der Waals surface area contributed by atoms with E-state index in [0.29, 0.717) is 47.8 Å². The van der Waals surface area contributed by atoms with Crippen LogP contribution in [-0.2, 0) is 19.1 Å². The van der Waals surface area contributed by atoms with Crippen LogP contribution in [0.25, 0.3) is 11.3 Å². The average Bonchev–Trinajstić information content (AvgIpc) is 3.95. The number of H-pyrrole nitrogens is 1. The number of hydrogen-bond acceptors (Lipinski definition) is 5. The number of likely N-dealkylation sites (tertiary alicyclic amines) is 1. The van der Waals surface area contributed by atoms with Gasteiger partial charge in [-0.05, 0) is 146 Å². The number of carbonyl (C=O) groups excluding carboxylic acids is 2. The molecule has 9 rings (SSSR count). The van der Waals surface area contributed by atoms with E-state index in [0.717, 1.165) is 81.4 Å². The number of fused-ring (bicyclic) bond motifs is 7. The largest absolute Gasteiger partial charge is 0.481 e. The lowest BCUT2D eigenvalue weighted by Crippen LogP contribution is -2.67. The molecule has 7 fully saturated rings. The molecule has 2 N–H and O–H groups in total. The number of carboxylic acid groups (broad SMARTS) is 1. The molecule has 1 aliphatic heterocycles. The van der Waals surface area contributed by atoms with E-state index in [1.165, 1.54) is 19.3 Å². The van der Waals surface area contributed by atoms with Crippen LogP contribution in [0.4, 0.5) is 0 Å². The molecule has 6 aliphatic carbocycles. The fourth-order valence-corrected chi connectivity index (χ4v) is 16.8. The number of aromatic amines is 1. The number of nitrogens with zero attached hydrogens (tertiary/aromatic N) is 2. The van der Waals surface area contributed by atoms with Gasteiger partial charge in [-0.25, -0.2) is 4.98 Å². The van der Waals surface area contributed by atoms with E-state index >= 15 is 4.79 Å². The molecule has 59 heavy (non-hydrogen) atoms. The van der Waals surface area contributed by atoms with Crippen LogP contribution in [-0.4, -0.2) is 50.5 Å². The van der Waals surface area contributed by atoms with Gasteiger partial charge >= 0.3 is 11.9 Å². The Hall–Kier alpha value is -3.16. The van der Waals surface area contributed by atoms with E-state index in [1.807, 2.05) is 26.1 Å². The lowest BCUT2D eigenvalue weighted by molar-refractivity contribution is -0.252. The summed E-state index contributed by atoms with van der Waals surface area (Å²) in [6.07, 6.45) is 15.1. The number of nitrogens with one attached hydrogen (secondary N) is 1. The van der Waals surface area contributed by atoms with E-state index < -0.39 is 17.3 Å². The van der Waals surface area contributed by atoms with E-state index in [4.69, 9.17) is 9.72 Å². The van der Waals surface area contributed by atoms with Crippen LogP contribution in [0, 0.1) is 79.8 Å². The minimum absolute atomic E-state index is 0.00417. The first-order valence-electron chi connectivity index (χ1n) is 23.7. The van der Waals surface area contributed by atoms with Gasteiger partial charge in [0.2, 0.25) is 5.91 Å². The van der Waals surface area contributed by atoms with Gasteiger partial charge < -0.3 is 19.7 Å². The van der Waals surface area contributed by atoms with Crippen molar-refractivity contribution in [3.05, 3.63) is 42.4 Å². The summed E-state index contributed by atoms with van der Waals surface area (Å²) in [5.74, 6) is 2.55. The maximum atomic E-state index is 15.6. The van der Waals surface area contributed by atoms with Crippen molar-refractivity contribution in [3.63, 3.8) is 0 Å². The number of aromatic nitrogens is 2. The molecule has 322 valence electrons. The molecule has 6 saturated carbocycles. The number of aliphatic carboxylic acids is 1. The Kier molecular flexibility index (Phi) is 9.73. The Morgan fingerprint density at radius 1 is 0.814 bits per heavy atom. The molecular weight excluding hydrogens is 735 g/mol. The number of carbonyl (C=O) groups is 3. The Bertz CT molecular complexity index is 1970. The van der Waals surface area contributed by atoms with Gasteiger partial charge in [-0.3, -0.25) is 14.4 Å². The molecular formula is C51H73N3O5. The zero-order chi connectivity index (χ0) is 42.1. The first-order valence-corrected chi connectivity index (χ1v) is 23.7. The molecule has 13 atom stereocenters. The first kappa shape index (κ1) is 41.2. The Balaban J connectivity index is 0.966. The molecule has 1 aromatic carbocycles. The fraction of sp³-hybridized carbons (Fsp3) is 0.765. The molecule has 0 spiro atoms. The zero-order valence-electron chi connectivity index (χ0n) is 37.6. The van der Waals surface area contributed by atoms with Gasteiger partial charge in [0.25, 0.3) is 0 Å². The highest BCUT2D eigenvalue weighted by atomic mass is 16.5. The standard InChI is InChI=1S/C51H73N3O5/c1-30(2)32-19-24-51(45(58)54-27-13-16-37(54)42-52-29-36(53-42)31-14-11-10-12-15-31)26-25-49(8)33(41(32)51)17-18-39-48(7)22-21-40(47(5,6)38(48)20-23-50(39,49)9)59-44(57)35-28-34(43(55)56)46(35,3)4/h10-12,14-15,29-30,32-35,37-41H,13,16-28H2,1-9H3,(H,52,53)(H,55,56)/t32-,33+,34-,35+,37-,38-,39+,40-,41+,48-,49+,50+,51-/m0/s1. The van der Waals surface area contributed by atoms with Crippen LogP contribution >= 0.6 is 0 Å². The molecule has 1 saturated heterocycles. The van der Waals surface area contributed by atoms with Gasteiger partial charge in [-0.2, -0.15) is 0 Å². The second-order valence-corrected chi connectivity index (χ2v) is 23.3. The lowest BCUT2D eigenvalue weighted by atomic mass is 9.32. The minimum atomic E-state index is -0.812. The van der Waals surface area contributed by atoms with Gasteiger partial charge in [0.1, 0.15) is 11.9 Å². The van der Waals surface area contributed by atoms with Crippen LogP contribution in [0.5, 0.6) is 0 Å². The number of esters is 1. The molecule has 8 nitrogen and oxygen atoms in total. The van der Waals surface area contributed by atoms with Gasteiger partial charge in [-0.15, -0.1) is 0 Å². The van der Waals surface area contributed by atoms with Crippen LogP contribution in [0.15, 0.2) is 36.5 Å². The van der Waals surface area contributed by atoms with E-state index in [2.05, 4.69) is 82.6 Å². The maximum Gasteiger partial charge on any atom is 0.309 e. The zero-order valence-corrected chi connectivity index (χ0v) is 37.6.